The molecule has 0 saturated heterocycles. The first-order chi connectivity index (χ1) is 17.2. The van der Waals surface area contributed by atoms with Gasteiger partial charge in [-0.25, -0.2) is 0 Å². The Bertz CT molecular complexity index is 1230. The molecule has 0 aliphatic rings. The summed E-state index contributed by atoms with van der Waals surface area (Å²) >= 11 is 0. The van der Waals surface area contributed by atoms with Crippen LogP contribution in [-0.4, -0.2) is 54.6 Å². The van der Waals surface area contributed by atoms with Gasteiger partial charge in [-0.2, -0.15) is 4.98 Å². The number of hydrogen-bond acceptors (Lipinski definition) is 8. The number of oxazole rings is 1. The van der Waals surface area contributed by atoms with E-state index in [9.17, 15) is 19.2 Å². The van der Waals surface area contributed by atoms with Gasteiger partial charge in [0.15, 0.2) is 17.1 Å². The van der Waals surface area contributed by atoms with Crippen LogP contribution in [0, 0.1) is 5.92 Å². The first kappa shape index (κ1) is 26.4. The Hall–Kier alpha value is -4.21. The standard InChI is InChI=1S/C26H30N4O6/c1-15(2)24(30-23(33)12-18-11-17(16(3)31)9-10-21(18)35-4)25(34)27-13-19(32)14-28-26-29-20-7-5-6-8-22(20)36-26/h5-11,15,24H,12-14H2,1-4H3,(H,27,34)(H,28,29)(H,30,33). The zero-order valence-electron chi connectivity index (χ0n) is 20.7. The van der Waals surface area contributed by atoms with Gasteiger partial charge in [0.05, 0.1) is 26.6 Å². The van der Waals surface area contributed by atoms with Crippen LogP contribution in [-0.2, 0) is 20.8 Å². The van der Waals surface area contributed by atoms with E-state index in [-0.39, 0.29) is 43.0 Å². The third kappa shape index (κ3) is 6.91. The molecule has 0 radical (unpaired) electrons. The molecule has 190 valence electrons. The summed E-state index contributed by atoms with van der Waals surface area (Å²) in [6.07, 6.45) is -0.0753. The molecule has 3 N–H and O–H groups in total. The van der Waals surface area contributed by atoms with Crippen molar-refractivity contribution in [2.75, 3.05) is 25.5 Å². The van der Waals surface area contributed by atoms with E-state index < -0.39 is 17.9 Å². The van der Waals surface area contributed by atoms with E-state index in [4.69, 9.17) is 9.15 Å². The van der Waals surface area contributed by atoms with Gasteiger partial charge < -0.3 is 25.1 Å². The topological polar surface area (TPSA) is 140 Å². The fourth-order valence-electron chi connectivity index (χ4n) is 3.55. The fraction of sp³-hybridized carbons (Fsp3) is 0.346. The molecule has 3 rings (SSSR count). The van der Waals surface area contributed by atoms with Crippen molar-refractivity contribution >= 4 is 40.5 Å². The van der Waals surface area contributed by atoms with Crippen molar-refractivity contribution in [1.82, 2.24) is 15.6 Å². The maximum absolute atomic E-state index is 12.7. The summed E-state index contributed by atoms with van der Waals surface area (Å²) < 4.78 is 10.8. The Morgan fingerprint density at radius 2 is 1.81 bits per heavy atom. The summed E-state index contributed by atoms with van der Waals surface area (Å²) in [7, 11) is 1.48. The quantitative estimate of drug-likeness (QED) is 0.326. The van der Waals surface area contributed by atoms with Crippen molar-refractivity contribution in [2.24, 2.45) is 5.92 Å². The summed E-state index contributed by atoms with van der Waals surface area (Å²) in [6, 6.07) is 11.4. The van der Waals surface area contributed by atoms with Gasteiger partial charge in [-0.3, -0.25) is 19.2 Å². The normalized spacial score (nSPS) is 11.7. The Morgan fingerprint density at radius 1 is 1.06 bits per heavy atom. The molecular formula is C26H30N4O6. The summed E-state index contributed by atoms with van der Waals surface area (Å²) in [4.78, 5) is 53.7. The second-order valence-corrected chi connectivity index (χ2v) is 8.65. The second kappa shape index (κ2) is 12.0. The van der Waals surface area contributed by atoms with Crippen LogP contribution < -0.4 is 20.7 Å². The number of amides is 2. The molecule has 1 heterocycles. The number of anilines is 1. The first-order valence-electron chi connectivity index (χ1n) is 11.5. The van der Waals surface area contributed by atoms with Gasteiger partial charge in [-0.15, -0.1) is 0 Å². The van der Waals surface area contributed by atoms with Gasteiger partial charge in [0.1, 0.15) is 17.3 Å². The van der Waals surface area contributed by atoms with Gasteiger partial charge in [-0.1, -0.05) is 26.0 Å². The van der Waals surface area contributed by atoms with E-state index in [2.05, 4.69) is 20.9 Å². The van der Waals surface area contributed by atoms with Crippen LogP contribution >= 0.6 is 0 Å². The van der Waals surface area contributed by atoms with Crippen LogP contribution in [0.2, 0.25) is 0 Å². The molecule has 0 saturated carbocycles. The van der Waals surface area contributed by atoms with Crippen molar-refractivity contribution < 1.29 is 28.3 Å². The van der Waals surface area contributed by atoms with E-state index in [0.717, 1.165) is 0 Å². The molecule has 0 bridgehead atoms. The highest BCUT2D eigenvalue weighted by Crippen LogP contribution is 2.21. The number of fused-ring (bicyclic) bond motifs is 1. The monoisotopic (exact) mass is 494 g/mol. The van der Waals surface area contributed by atoms with Crippen LogP contribution in [0.1, 0.15) is 36.7 Å². The average molecular weight is 495 g/mol. The number of ether oxygens (including phenoxy) is 1. The lowest BCUT2D eigenvalue weighted by Crippen LogP contribution is -2.51. The molecule has 0 fully saturated rings. The lowest BCUT2D eigenvalue weighted by atomic mass is 10.0. The first-order valence-corrected chi connectivity index (χ1v) is 11.5. The van der Waals surface area contributed by atoms with E-state index in [1.165, 1.54) is 14.0 Å². The number of methoxy groups -OCH3 is 1. The lowest BCUT2D eigenvalue weighted by Gasteiger charge is -2.22. The van der Waals surface area contributed by atoms with Gasteiger partial charge in [-0.05, 0) is 43.2 Å². The largest absolute Gasteiger partial charge is 0.496 e. The van der Waals surface area contributed by atoms with Crippen molar-refractivity contribution in [3.05, 3.63) is 53.6 Å². The predicted molar refractivity (Wildman–Crippen MR) is 134 cm³/mol. The number of hydrogen-bond donors (Lipinski definition) is 3. The van der Waals surface area contributed by atoms with Gasteiger partial charge >= 0.3 is 0 Å². The van der Waals surface area contributed by atoms with Gasteiger partial charge in [0, 0.05) is 11.1 Å². The molecule has 1 aromatic heterocycles. The number of aromatic nitrogens is 1. The maximum Gasteiger partial charge on any atom is 0.296 e. The lowest BCUT2D eigenvalue weighted by molar-refractivity contribution is -0.130. The Kier molecular flexibility index (Phi) is 8.77. The van der Waals surface area contributed by atoms with Crippen LogP contribution in [0.25, 0.3) is 11.1 Å². The van der Waals surface area contributed by atoms with E-state index >= 15 is 0 Å². The number of carbonyl (C=O) groups excluding carboxylic acids is 4. The van der Waals surface area contributed by atoms with Crippen LogP contribution in [0.4, 0.5) is 6.01 Å². The third-order valence-electron chi connectivity index (χ3n) is 5.49. The summed E-state index contributed by atoms with van der Waals surface area (Å²) in [6.45, 7) is 4.71. The van der Waals surface area contributed by atoms with Crippen molar-refractivity contribution in [1.29, 1.82) is 0 Å². The number of nitrogens with zero attached hydrogens (tertiary/aromatic N) is 1. The average Bonchev–Trinajstić information content (AvgIpc) is 3.27. The Labute approximate surface area is 208 Å². The van der Waals surface area contributed by atoms with Crippen LogP contribution in [0.5, 0.6) is 5.75 Å². The van der Waals surface area contributed by atoms with E-state index in [1.807, 2.05) is 12.1 Å². The minimum atomic E-state index is -0.850. The molecule has 2 amide bonds. The van der Waals surface area contributed by atoms with Crippen LogP contribution in [0.15, 0.2) is 46.9 Å². The zero-order valence-corrected chi connectivity index (χ0v) is 20.7. The number of carbonyl (C=O) groups is 4. The minimum Gasteiger partial charge on any atom is -0.496 e. The number of rotatable bonds is 12. The molecule has 3 aromatic rings. The van der Waals surface area contributed by atoms with Crippen LogP contribution in [0.3, 0.4) is 0 Å². The van der Waals surface area contributed by atoms with Crippen molar-refractivity contribution in [3.8, 4) is 5.75 Å². The minimum absolute atomic E-state index is 0.0753. The van der Waals surface area contributed by atoms with Gasteiger partial charge in [0.25, 0.3) is 6.01 Å². The number of nitrogens with one attached hydrogen (secondary N) is 3. The summed E-state index contributed by atoms with van der Waals surface area (Å²) in [5, 5.41) is 8.10. The highest BCUT2D eigenvalue weighted by atomic mass is 16.5. The molecule has 0 aliphatic heterocycles. The highest BCUT2D eigenvalue weighted by molar-refractivity contribution is 5.95. The second-order valence-electron chi connectivity index (χ2n) is 8.65. The van der Waals surface area contributed by atoms with Crippen molar-refractivity contribution in [3.63, 3.8) is 0 Å². The Morgan fingerprint density at radius 3 is 2.47 bits per heavy atom. The molecule has 1 atom stereocenters. The third-order valence-corrected chi connectivity index (χ3v) is 5.49. The van der Waals surface area contributed by atoms with E-state index in [1.54, 1.807) is 44.2 Å². The van der Waals surface area contributed by atoms with E-state index in [0.29, 0.717) is 28.0 Å². The molecule has 2 aromatic carbocycles. The smallest absolute Gasteiger partial charge is 0.296 e. The predicted octanol–water partition coefficient (Wildman–Crippen LogP) is 2.52. The summed E-state index contributed by atoms with van der Waals surface area (Å²) in [5.41, 5.74) is 2.26. The molecular weight excluding hydrogens is 464 g/mol. The molecule has 10 heteroatoms. The Balaban J connectivity index is 1.53. The van der Waals surface area contributed by atoms with Gasteiger partial charge in [0.2, 0.25) is 11.8 Å². The number of Topliss-reactive ketones (excluding diaryl/α,β-unsaturated/α-hetero) is 2. The number of para-hydroxylation sites is 2. The molecule has 1 unspecified atom stereocenters. The fourth-order valence-corrected chi connectivity index (χ4v) is 3.55. The maximum atomic E-state index is 12.7. The SMILES string of the molecule is COc1ccc(C(C)=O)cc1CC(=O)NC(C(=O)NCC(=O)CNc1nc2ccccc2o1)C(C)C. The number of benzene rings is 2. The molecule has 0 spiro atoms. The number of ketones is 2. The summed E-state index contributed by atoms with van der Waals surface area (Å²) in [5.74, 6) is -1.06. The zero-order chi connectivity index (χ0) is 26.2. The molecule has 10 nitrogen and oxygen atoms in total. The highest BCUT2D eigenvalue weighted by Gasteiger charge is 2.25. The van der Waals surface area contributed by atoms with Crippen molar-refractivity contribution in [2.45, 2.75) is 33.2 Å². The molecule has 0 aliphatic carbocycles. The molecule has 36 heavy (non-hydrogen) atoms.